The molecule has 4 nitrogen and oxygen atoms in total. The van der Waals surface area contributed by atoms with Crippen LogP contribution in [0.1, 0.15) is 11.1 Å². The second-order valence-electron chi connectivity index (χ2n) is 3.13. The molecule has 1 heterocycles. The van der Waals surface area contributed by atoms with Crippen LogP contribution < -0.4 is 11.2 Å². The third kappa shape index (κ3) is 1.47. The summed E-state index contributed by atoms with van der Waals surface area (Å²) in [6.45, 7) is 0.0837. The number of amides is 1. The van der Waals surface area contributed by atoms with Crippen molar-refractivity contribution >= 4 is 11.6 Å². The number of nitrogens with two attached hydrogens (primary N) is 1. The van der Waals surface area contributed by atoms with E-state index in [0.717, 1.165) is 0 Å². The van der Waals surface area contributed by atoms with Gasteiger partial charge in [0.15, 0.2) is 0 Å². The molecule has 5 heteroatoms. The lowest BCUT2D eigenvalue weighted by molar-refractivity contribution is -0.115. The molecule has 0 saturated heterocycles. The van der Waals surface area contributed by atoms with Gasteiger partial charge < -0.3 is 5.32 Å². The molecule has 0 fully saturated rings. The first-order chi connectivity index (χ1) is 6.70. The number of benzene rings is 1. The number of anilines is 1. The Morgan fingerprint density at radius 1 is 1.57 bits per heavy atom. The van der Waals surface area contributed by atoms with E-state index < -0.39 is 0 Å². The fraction of sp³-hybridized carbons (Fsp3) is 0.222. The minimum atomic E-state index is -0.382. The quantitative estimate of drug-likeness (QED) is 0.684. The van der Waals surface area contributed by atoms with Gasteiger partial charge >= 0.3 is 0 Å². The minimum absolute atomic E-state index is 0.0837. The van der Waals surface area contributed by atoms with Crippen molar-refractivity contribution in [2.75, 3.05) is 5.32 Å². The molecule has 0 spiro atoms. The summed E-state index contributed by atoms with van der Waals surface area (Å²) in [6.07, 6.45) is 0.213. The van der Waals surface area contributed by atoms with Gasteiger partial charge in [-0.1, -0.05) is 0 Å². The van der Waals surface area contributed by atoms with Gasteiger partial charge in [0.25, 0.3) is 0 Å². The number of nitrogens with one attached hydrogen (secondary N) is 1. The maximum absolute atomic E-state index is 13.0. The Bertz CT molecular complexity index is 393. The summed E-state index contributed by atoms with van der Waals surface area (Å²) in [5.74, 6) is 4.39. The highest BCUT2D eigenvalue weighted by molar-refractivity contribution is 6.00. The van der Waals surface area contributed by atoms with Crippen LogP contribution in [0.25, 0.3) is 0 Å². The first kappa shape index (κ1) is 9.11. The molecule has 0 unspecified atom stereocenters. The number of carbonyl (C=O) groups is 1. The fourth-order valence-corrected chi connectivity index (χ4v) is 1.59. The van der Waals surface area contributed by atoms with Crippen molar-refractivity contribution in [1.29, 1.82) is 0 Å². The first-order valence-corrected chi connectivity index (χ1v) is 4.13. The van der Waals surface area contributed by atoms with Gasteiger partial charge in [-0.2, -0.15) is 0 Å². The Hall–Kier alpha value is -1.46. The number of hydrogen-bond donors (Lipinski definition) is 2. The van der Waals surface area contributed by atoms with E-state index in [1.807, 2.05) is 0 Å². The van der Waals surface area contributed by atoms with Crippen LogP contribution in [-0.2, 0) is 22.7 Å². The molecule has 0 atom stereocenters. The van der Waals surface area contributed by atoms with Crippen molar-refractivity contribution in [2.45, 2.75) is 13.0 Å². The molecule has 1 aromatic rings. The van der Waals surface area contributed by atoms with Gasteiger partial charge in [-0.05, 0) is 17.7 Å². The Morgan fingerprint density at radius 3 is 3.07 bits per heavy atom. The van der Waals surface area contributed by atoms with Crippen molar-refractivity contribution in [1.82, 2.24) is 0 Å². The van der Waals surface area contributed by atoms with Gasteiger partial charge in [-0.25, -0.2) is 10.3 Å². The van der Waals surface area contributed by atoms with Crippen molar-refractivity contribution in [3.05, 3.63) is 29.1 Å². The number of fused-ring (bicyclic) bond motifs is 1. The zero-order chi connectivity index (χ0) is 10.1. The Balaban J connectivity index is 2.46. The van der Waals surface area contributed by atoms with E-state index >= 15 is 0 Å². The molecule has 1 aliphatic heterocycles. The summed E-state index contributed by atoms with van der Waals surface area (Å²) >= 11 is 0. The molecule has 14 heavy (non-hydrogen) atoms. The van der Waals surface area contributed by atoms with Gasteiger partial charge in [0.1, 0.15) is 5.82 Å². The molecule has 1 aromatic carbocycles. The van der Waals surface area contributed by atoms with E-state index in [0.29, 0.717) is 16.8 Å². The fourth-order valence-electron chi connectivity index (χ4n) is 1.59. The second-order valence-corrected chi connectivity index (χ2v) is 3.13. The highest BCUT2D eigenvalue weighted by Crippen LogP contribution is 2.28. The van der Waals surface area contributed by atoms with E-state index in [-0.39, 0.29) is 24.8 Å². The molecule has 2 rings (SSSR count). The van der Waals surface area contributed by atoms with E-state index in [4.69, 9.17) is 5.90 Å². The average molecular weight is 196 g/mol. The van der Waals surface area contributed by atoms with Crippen LogP contribution in [0.2, 0.25) is 0 Å². The maximum Gasteiger partial charge on any atom is 0.228 e. The second kappa shape index (κ2) is 3.36. The molecule has 0 aliphatic carbocycles. The Kier molecular flexibility index (Phi) is 2.18. The summed E-state index contributed by atoms with van der Waals surface area (Å²) in [5.41, 5.74) is 1.84. The number of halogens is 1. The third-order valence-electron chi connectivity index (χ3n) is 2.12. The molecule has 0 bridgehead atoms. The maximum atomic E-state index is 13.0. The molecule has 74 valence electrons. The third-order valence-corrected chi connectivity index (χ3v) is 2.12. The zero-order valence-corrected chi connectivity index (χ0v) is 7.34. The minimum Gasteiger partial charge on any atom is -0.325 e. The summed E-state index contributed by atoms with van der Waals surface area (Å²) in [6, 6.07) is 2.64. The van der Waals surface area contributed by atoms with Gasteiger partial charge in [0, 0.05) is 5.56 Å². The van der Waals surface area contributed by atoms with E-state index in [1.165, 1.54) is 12.1 Å². The molecule has 0 saturated carbocycles. The predicted octanol–water partition coefficient (Wildman–Crippen LogP) is 0.711. The number of rotatable bonds is 2. The van der Waals surface area contributed by atoms with Crippen LogP contribution in [0.15, 0.2) is 12.1 Å². The van der Waals surface area contributed by atoms with E-state index in [1.54, 1.807) is 0 Å². The van der Waals surface area contributed by atoms with Crippen LogP contribution in [0.5, 0.6) is 0 Å². The predicted molar refractivity (Wildman–Crippen MR) is 47.7 cm³/mol. The normalized spacial score (nSPS) is 14.0. The Morgan fingerprint density at radius 2 is 2.36 bits per heavy atom. The van der Waals surface area contributed by atoms with Crippen molar-refractivity contribution in [3.8, 4) is 0 Å². The number of carbonyl (C=O) groups excluding carboxylic acids is 1. The largest absolute Gasteiger partial charge is 0.325 e. The van der Waals surface area contributed by atoms with Gasteiger partial charge in [0.05, 0.1) is 18.7 Å². The molecular formula is C9H9FN2O2. The molecule has 1 amide bonds. The van der Waals surface area contributed by atoms with Crippen LogP contribution in [0.4, 0.5) is 10.1 Å². The lowest BCUT2D eigenvalue weighted by Gasteiger charge is -2.06. The van der Waals surface area contributed by atoms with Crippen molar-refractivity contribution < 1.29 is 14.0 Å². The average Bonchev–Trinajstić information content (AvgIpc) is 2.45. The molecule has 3 N–H and O–H groups in total. The topological polar surface area (TPSA) is 64.3 Å². The van der Waals surface area contributed by atoms with Crippen LogP contribution in [-0.4, -0.2) is 5.91 Å². The lowest BCUT2D eigenvalue weighted by Crippen LogP contribution is -2.06. The monoisotopic (exact) mass is 196 g/mol. The zero-order valence-electron chi connectivity index (χ0n) is 7.34. The summed E-state index contributed by atoms with van der Waals surface area (Å²) in [5, 5.41) is 2.64. The van der Waals surface area contributed by atoms with Crippen molar-refractivity contribution in [3.63, 3.8) is 0 Å². The lowest BCUT2D eigenvalue weighted by atomic mass is 10.1. The molecule has 0 radical (unpaired) electrons. The summed E-state index contributed by atoms with van der Waals surface area (Å²) in [4.78, 5) is 15.5. The molecule has 0 aromatic heterocycles. The summed E-state index contributed by atoms with van der Waals surface area (Å²) in [7, 11) is 0. The van der Waals surface area contributed by atoms with Crippen LogP contribution in [0.3, 0.4) is 0 Å². The van der Waals surface area contributed by atoms with Crippen LogP contribution in [0, 0.1) is 5.82 Å². The smallest absolute Gasteiger partial charge is 0.228 e. The van der Waals surface area contributed by atoms with E-state index in [9.17, 15) is 9.18 Å². The SMILES string of the molecule is NOCc1cc(F)cc2c1NC(=O)C2. The van der Waals surface area contributed by atoms with Gasteiger partial charge in [-0.3, -0.25) is 9.63 Å². The van der Waals surface area contributed by atoms with Gasteiger partial charge in [-0.15, -0.1) is 0 Å². The highest BCUT2D eigenvalue weighted by atomic mass is 19.1. The molecule has 1 aliphatic rings. The molecular weight excluding hydrogens is 187 g/mol. The summed E-state index contributed by atoms with van der Waals surface area (Å²) < 4.78 is 13.0. The first-order valence-electron chi connectivity index (χ1n) is 4.13. The Labute approximate surface area is 79.8 Å². The standard InChI is InChI=1S/C9H9FN2O2/c10-7-1-5-3-8(13)12-9(5)6(2-7)4-14-11/h1-2H,3-4,11H2,(H,12,13). The van der Waals surface area contributed by atoms with Gasteiger partial charge in [0.2, 0.25) is 5.91 Å². The highest BCUT2D eigenvalue weighted by Gasteiger charge is 2.21. The number of hydrogen-bond acceptors (Lipinski definition) is 3. The van der Waals surface area contributed by atoms with E-state index in [2.05, 4.69) is 10.2 Å². The van der Waals surface area contributed by atoms with Crippen LogP contribution >= 0.6 is 0 Å². The van der Waals surface area contributed by atoms with Crippen molar-refractivity contribution in [2.24, 2.45) is 5.90 Å².